The molecule has 1 aromatic heterocycles. The van der Waals surface area contributed by atoms with E-state index in [0.717, 1.165) is 4.90 Å². The van der Waals surface area contributed by atoms with E-state index in [9.17, 15) is 19.2 Å². The van der Waals surface area contributed by atoms with Crippen LogP contribution in [0.15, 0.2) is 74.3 Å². The second-order valence-electron chi connectivity index (χ2n) is 8.00. The van der Waals surface area contributed by atoms with Crippen LogP contribution in [0.5, 0.6) is 17.2 Å². The van der Waals surface area contributed by atoms with Gasteiger partial charge in [0.05, 0.1) is 35.2 Å². The molecule has 1 aliphatic heterocycles. The molecule has 10 heteroatoms. The van der Waals surface area contributed by atoms with Crippen molar-refractivity contribution in [2.24, 2.45) is 0 Å². The molecule has 0 bridgehead atoms. The Balaban J connectivity index is 1.56. The highest BCUT2D eigenvalue weighted by Gasteiger charge is 2.37. The maximum absolute atomic E-state index is 13.4. The van der Waals surface area contributed by atoms with Crippen LogP contribution in [0.2, 0.25) is 0 Å². The monoisotopic (exact) mass is 563 g/mol. The highest BCUT2D eigenvalue weighted by molar-refractivity contribution is 9.10. The van der Waals surface area contributed by atoms with E-state index in [4.69, 9.17) is 18.6 Å². The summed E-state index contributed by atoms with van der Waals surface area (Å²) in [7, 11) is 2.93. The van der Waals surface area contributed by atoms with E-state index in [-0.39, 0.29) is 33.6 Å². The molecule has 3 aromatic carbocycles. The third kappa shape index (κ3) is 4.15. The SMILES string of the molecule is COc1cc(-c2oc3ccccc3c(=O)c2OC(=O)CN2C(=O)c3ccccc3C2=O)cc(Br)c1OC. The Hall–Kier alpha value is -4.44. The molecular formula is C27H18BrNO8. The highest BCUT2D eigenvalue weighted by Crippen LogP contribution is 2.41. The number of imide groups is 1. The summed E-state index contributed by atoms with van der Waals surface area (Å²) in [5.74, 6) is -1.90. The van der Waals surface area contributed by atoms with Gasteiger partial charge in [0.1, 0.15) is 12.1 Å². The van der Waals surface area contributed by atoms with Gasteiger partial charge in [0, 0.05) is 5.56 Å². The molecule has 0 saturated carbocycles. The van der Waals surface area contributed by atoms with Crippen molar-refractivity contribution in [3.8, 4) is 28.6 Å². The van der Waals surface area contributed by atoms with Crippen molar-refractivity contribution < 1.29 is 33.0 Å². The summed E-state index contributed by atoms with van der Waals surface area (Å²) in [5, 5.41) is 0.189. The van der Waals surface area contributed by atoms with Crippen LogP contribution in [0.25, 0.3) is 22.3 Å². The van der Waals surface area contributed by atoms with Crippen molar-refractivity contribution in [1.82, 2.24) is 4.90 Å². The van der Waals surface area contributed by atoms with Crippen molar-refractivity contribution >= 4 is 44.7 Å². The molecule has 0 radical (unpaired) electrons. The van der Waals surface area contributed by atoms with Crippen molar-refractivity contribution in [2.45, 2.75) is 0 Å². The average Bonchev–Trinajstić information content (AvgIpc) is 3.14. The van der Waals surface area contributed by atoms with Crippen LogP contribution in [-0.2, 0) is 4.79 Å². The number of methoxy groups -OCH3 is 2. The van der Waals surface area contributed by atoms with E-state index in [2.05, 4.69) is 15.9 Å². The van der Waals surface area contributed by atoms with Crippen LogP contribution in [0, 0.1) is 0 Å². The molecular weight excluding hydrogens is 546 g/mol. The molecule has 1 aliphatic rings. The van der Waals surface area contributed by atoms with Gasteiger partial charge in [0.2, 0.25) is 11.2 Å². The standard InChI is InChI=1S/C27H18BrNO8/c1-34-20-12-14(11-18(28)24(20)35-2)23-25(22(31)17-9-5-6-10-19(17)36-23)37-21(30)13-29-26(32)15-7-3-4-8-16(15)27(29)33/h3-12H,13H2,1-2H3. The third-order valence-electron chi connectivity index (χ3n) is 5.83. The van der Waals surface area contributed by atoms with Gasteiger partial charge in [-0.25, -0.2) is 4.79 Å². The first-order chi connectivity index (χ1) is 17.8. The first-order valence-electron chi connectivity index (χ1n) is 11.0. The Morgan fingerprint density at radius 3 is 2.19 bits per heavy atom. The number of ether oxygens (including phenoxy) is 3. The summed E-state index contributed by atoms with van der Waals surface area (Å²) < 4.78 is 22.7. The minimum atomic E-state index is -0.988. The van der Waals surface area contributed by atoms with Crippen molar-refractivity contribution in [3.63, 3.8) is 0 Å². The van der Waals surface area contributed by atoms with E-state index >= 15 is 0 Å². The molecule has 0 saturated heterocycles. The zero-order valence-electron chi connectivity index (χ0n) is 19.6. The molecule has 0 fully saturated rings. The maximum Gasteiger partial charge on any atom is 0.331 e. The second kappa shape index (κ2) is 9.55. The van der Waals surface area contributed by atoms with E-state index in [1.54, 1.807) is 42.5 Å². The van der Waals surface area contributed by atoms with Gasteiger partial charge >= 0.3 is 5.97 Å². The zero-order chi connectivity index (χ0) is 26.3. The van der Waals surface area contributed by atoms with E-state index in [1.807, 2.05) is 0 Å². The van der Waals surface area contributed by atoms with E-state index in [1.165, 1.54) is 32.4 Å². The molecule has 9 nitrogen and oxygen atoms in total. The number of nitrogens with zero attached hydrogens (tertiary/aromatic N) is 1. The molecule has 0 unspecified atom stereocenters. The summed E-state index contributed by atoms with van der Waals surface area (Å²) in [4.78, 5) is 52.5. The number of esters is 1. The smallest absolute Gasteiger partial charge is 0.331 e. The second-order valence-corrected chi connectivity index (χ2v) is 8.85. The predicted molar refractivity (Wildman–Crippen MR) is 136 cm³/mol. The lowest BCUT2D eigenvalue weighted by atomic mass is 10.1. The van der Waals surface area contributed by atoms with Crippen LogP contribution >= 0.6 is 15.9 Å². The Morgan fingerprint density at radius 1 is 0.892 bits per heavy atom. The average molecular weight is 564 g/mol. The number of amides is 2. The molecule has 0 N–H and O–H groups in total. The number of fused-ring (bicyclic) bond motifs is 2. The van der Waals surface area contributed by atoms with E-state index < -0.39 is 29.8 Å². The van der Waals surface area contributed by atoms with Crippen LogP contribution in [0.4, 0.5) is 0 Å². The predicted octanol–water partition coefficient (Wildman–Crippen LogP) is 4.44. The number of benzene rings is 3. The summed E-state index contributed by atoms with van der Waals surface area (Å²) in [6, 6.07) is 16.0. The van der Waals surface area contributed by atoms with Gasteiger partial charge in [-0.1, -0.05) is 24.3 Å². The Bertz CT molecular complexity index is 1620. The number of rotatable bonds is 6. The van der Waals surface area contributed by atoms with Gasteiger partial charge in [-0.15, -0.1) is 0 Å². The largest absolute Gasteiger partial charge is 0.493 e. The molecule has 37 heavy (non-hydrogen) atoms. The Kier molecular flexibility index (Phi) is 6.26. The summed E-state index contributed by atoms with van der Waals surface area (Å²) in [5.41, 5.74) is 0.422. The first-order valence-corrected chi connectivity index (χ1v) is 11.8. The van der Waals surface area contributed by atoms with Crippen LogP contribution in [0.3, 0.4) is 0 Å². The van der Waals surface area contributed by atoms with Gasteiger partial charge in [-0.2, -0.15) is 0 Å². The number of carbonyl (C=O) groups excluding carboxylic acids is 3. The molecule has 0 spiro atoms. The topological polar surface area (TPSA) is 112 Å². The molecule has 2 amide bonds. The molecule has 0 atom stereocenters. The van der Waals surface area contributed by atoms with Gasteiger partial charge in [-0.3, -0.25) is 19.3 Å². The van der Waals surface area contributed by atoms with Gasteiger partial charge < -0.3 is 18.6 Å². The van der Waals surface area contributed by atoms with E-state index in [0.29, 0.717) is 21.5 Å². The fourth-order valence-electron chi connectivity index (χ4n) is 4.11. The highest BCUT2D eigenvalue weighted by atomic mass is 79.9. The van der Waals surface area contributed by atoms with Crippen LogP contribution in [-0.4, -0.2) is 43.4 Å². The normalized spacial score (nSPS) is 12.6. The molecule has 2 heterocycles. The quantitative estimate of drug-likeness (QED) is 0.250. The maximum atomic E-state index is 13.4. The van der Waals surface area contributed by atoms with Crippen LogP contribution < -0.4 is 19.6 Å². The zero-order valence-corrected chi connectivity index (χ0v) is 21.2. The number of hydrogen-bond acceptors (Lipinski definition) is 8. The lowest BCUT2D eigenvalue weighted by molar-refractivity contribution is -0.134. The minimum absolute atomic E-state index is 0.0407. The minimum Gasteiger partial charge on any atom is -0.493 e. The Morgan fingerprint density at radius 2 is 1.54 bits per heavy atom. The molecule has 5 rings (SSSR count). The molecule has 0 aliphatic carbocycles. The van der Waals surface area contributed by atoms with Gasteiger partial charge in [0.15, 0.2) is 17.3 Å². The fourth-order valence-corrected chi connectivity index (χ4v) is 4.72. The van der Waals surface area contributed by atoms with Crippen molar-refractivity contribution in [3.05, 3.63) is 86.5 Å². The third-order valence-corrected chi connectivity index (χ3v) is 6.42. The summed E-state index contributed by atoms with van der Waals surface area (Å²) in [6.45, 7) is -0.687. The Labute approximate surface area is 218 Å². The summed E-state index contributed by atoms with van der Waals surface area (Å²) in [6.07, 6.45) is 0. The lowest BCUT2D eigenvalue weighted by Gasteiger charge is -2.16. The number of carbonyl (C=O) groups is 3. The van der Waals surface area contributed by atoms with Crippen molar-refractivity contribution in [1.29, 1.82) is 0 Å². The van der Waals surface area contributed by atoms with Crippen LogP contribution in [0.1, 0.15) is 20.7 Å². The van der Waals surface area contributed by atoms with Gasteiger partial charge in [-0.05, 0) is 52.3 Å². The van der Waals surface area contributed by atoms with Gasteiger partial charge in [0.25, 0.3) is 11.8 Å². The fraction of sp³-hybridized carbons (Fsp3) is 0.111. The first kappa shape index (κ1) is 24.3. The summed E-state index contributed by atoms with van der Waals surface area (Å²) >= 11 is 3.41. The molecule has 4 aromatic rings. The molecule has 186 valence electrons. The number of hydrogen-bond donors (Lipinski definition) is 0. The number of halogens is 1. The van der Waals surface area contributed by atoms with Crippen molar-refractivity contribution in [2.75, 3.05) is 20.8 Å². The lowest BCUT2D eigenvalue weighted by Crippen LogP contribution is -2.37. The number of para-hydroxylation sites is 1.